The molecule has 1 heterocycles. The number of halogens is 1. The summed E-state index contributed by atoms with van der Waals surface area (Å²) in [4.78, 5) is 3.98. The fourth-order valence-corrected chi connectivity index (χ4v) is 1.57. The van der Waals surface area contributed by atoms with Gasteiger partial charge in [0.25, 0.3) is 0 Å². The summed E-state index contributed by atoms with van der Waals surface area (Å²) < 4.78 is 0. The Kier molecular flexibility index (Phi) is 3.72. The minimum atomic E-state index is 0.520. The van der Waals surface area contributed by atoms with Crippen LogP contribution < -0.4 is 0 Å². The summed E-state index contributed by atoms with van der Waals surface area (Å²) in [6.07, 6.45) is 1.51. The first kappa shape index (κ1) is 8.87. The zero-order chi connectivity index (χ0) is 8.10. The van der Waals surface area contributed by atoms with Crippen LogP contribution in [0.15, 0.2) is 11.5 Å². The first-order valence-electron chi connectivity index (χ1n) is 3.37. The highest BCUT2D eigenvalue weighted by molar-refractivity contribution is 7.99. The lowest BCUT2D eigenvalue weighted by Crippen LogP contribution is -1.99. The van der Waals surface area contributed by atoms with Crippen molar-refractivity contribution in [3.63, 3.8) is 0 Å². The van der Waals surface area contributed by atoms with Gasteiger partial charge in [0.1, 0.15) is 6.33 Å². The smallest absolute Gasteiger partial charge is 0.183 e. The zero-order valence-electron chi connectivity index (χ0n) is 6.25. The van der Waals surface area contributed by atoms with Crippen molar-refractivity contribution in [2.45, 2.75) is 12.1 Å². The van der Waals surface area contributed by atoms with Gasteiger partial charge in [-0.05, 0) is 5.92 Å². The van der Waals surface area contributed by atoms with Crippen molar-refractivity contribution in [3.05, 3.63) is 6.33 Å². The van der Waals surface area contributed by atoms with Crippen LogP contribution in [0.25, 0.3) is 0 Å². The number of H-pyrrole nitrogens is 1. The molecule has 1 aromatic heterocycles. The molecule has 11 heavy (non-hydrogen) atoms. The molecule has 1 unspecified atom stereocenters. The van der Waals surface area contributed by atoms with Crippen molar-refractivity contribution in [3.8, 4) is 0 Å². The van der Waals surface area contributed by atoms with Gasteiger partial charge < -0.3 is 0 Å². The molecule has 1 rings (SSSR count). The molecular formula is C6H10ClN3S. The Morgan fingerprint density at radius 3 is 3.18 bits per heavy atom. The van der Waals surface area contributed by atoms with Crippen LogP contribution >= 0.6 is 23.4 Å². The number of thioether (sulfide) groups is 1. The lowest BCUT2D eigenvalue weighted by atomic mass is 10.3. The van der Waals surface area contributed by atoms with Crippen LogP contribution in [-0.4, -0.2) is 26.8 Å². The number of hydrogen-bond acceptors (Lipinski definition) is 3. The summed E-state index contributed by atoms with van der Waals surface area (Å²) in [7, 11) is 0. The Bertz CT molecular complexity index is 190. The second-order valence-corrected chi connectivity index (χ2v) is 3.68. The van der Waals surface area contributed by atoms with Gasteiger partial charge in [0.05, 0.1) is 0 Å². The van der Waals surface area contributed by atoms with Crippen molar-refractivity contribution in [1.82, 2.24) is 15.2 Å². The minimum absolute atomic E-state index is 0.520. The maximum Gasteiger partial charge on any atom is 0.183 e. The van der Waals surface area contributed by atoms with Crippen molar-refractivity contribution in [2.24, 2.45) is 5.92 Å². The Balaban J connectivity index is 2.23. The van der Waals surface area contributed by atoms with E-state index in [2.05, 4.69) is 22.1 Å². The lowest BCUT2D eigenvalue weighted by molar-refractivity contribution is 0.756. The Hall–Kier alpha value is -0.220. The quantitative estimate of drug-likeness (QED) is 0.583. The molecule has 62 valence electrons. The zero-order valence-corrected chi connectivity index (χ0v) is 7.82. The van der Waals surface area contributed by atoms with E-state index in [9.17, 15) is 0 Å². The molecule has 0 aliphatic carbocycles. The second kappa shape index (κ2) is 4.62. The van der Waals surface area contributed by atoms with E-state index in [-0.39, 0.29) is 0 Å². The van der Waals surface area contributed by atoms with Gasteiger partial charge in [0.2, 0.25) is 0 Å². The van der Waals surface area contributed by atoms with Crippen LogP contribution in [-0.2, 0) is 0 Å². The highest BCUT2D eigenvalue weighted by Crippen LogP contribution is 2.15. The SMILES string of the molecule is CC(CCl)CSc1ncn[nH]1. The first-order valence-corrected chi connectivity index (χ1v) is 4.89. The predicted molar refractivity (Wildman–Crippen MR) is 47.0 cm³/mol. The molecule has 1 atom stereocenters. The predicted octanol–water partition coefficient (Wildman–Crippen LogP) is 1.77. The average molecular weight is 192 g/mol. The number of hydrogen-bond donors (Lipinski definition) is 1. The van der Waals surface area contributed by atoms with Gasteiger partial charge in [-0.15, -0.1) is 11.6 Å². The molecule has 1 aromatic rings. The van der Waals surface area contributed by atoms with Gasteiger partial charge >= 0.3 is 0 Å². The van der Waals surface area contributed by atoms with Crippen LogP contribution in [0.5, 0.6) is 0 Å². The number of alkyl halides is 1. The standard InChI is InChI=1S/C6H10ClN3S/c1-5(2-7)3-11-6-8-4-9-10-6/h4-5H,2-3H2,1H3,(H,8,9,10). The fourth-order valence-electron chi connectivity index (χ4n) is 0.530. The third-order valence-corrected chi connectivity index (χ3v) is 2.89. The van der Waals surface area contributed by atoms with E-state index in [1.54, 1.807) is 11.8 Å². The topological polar surface area (TPSA) is 41.6 Å². The largest absolute Gasteiger partial charge is 0.254 e. The van der Waals surface area contributed by atoms with Gasteiger partial charge in [-0.2, -0.15) is 5.10 Å². The van der Waals surface area contributed by atoms with E-state index in [4.69, 9.17) is 11.6 Å². The lowest BCUT2D eigenvalue weighted by Gasteiger charge is -2.02. The summed E-state index contributed by atoms with van der Waals surface area (Å²) >= 11 is 7.28. The van der Waals surface area contributed by atoms with Crippen molar-refractivity contribution >= 4 is 23.4 Å². The summed E-state index contributed by atoms with van der Waals surface area (Å²) in [6, 6.07) is 0. The monoisotopic (exact) mass is 191 g/mol. The summed E-state index contributed by atoms with van der Waals surface area (Å²) in [5.74, 6) is 2.20. The molecule has 0 aliphatic rings. The summed E-state index contributed by atoms with van der Waals surface area (Å²) in [5.41, 5.74) is 0. The molecule has 3 nitrogen and oxygen atoms in total. The number of aromatic nitrogens is 3. The van der Waals surface area contributed by atoms with E-state index in [0.717, 1.165) is 10.9 Å². The van der Waals surface area contributed by atoms with E-state index in [1.807, 2.05) is 0 Å². The fraction of sp³-hybridized carbons (Fsp3) is 0.667. The highest BCUT2D eigenvalue weighted by Gasteiger charge is 2.02. The molecule has 0 bridgehead atoms. The van der Waals surface area contributed by atoms with Gasteiger partial charge in [-0.25, -0.2) is 4.98 Å². The van der Waals surface area contributed by atoms with E-state index >= 15 is 0 Å². The number of nitrogens with one attached hydrogen (secondary N) is 1. The van der Waals surface area contributed by atoms with Crippen LogP contribution in [0.1, 0.15) is 6.92 Å². The molecule has 0 spiro atoms. The molecule has 0 saturated heterocycles. The maximum absolute atomic E-state index is 5.63. The van der Waals surface area contributed by atoms with Gasteiger partial charge in [-0.3, -0.25) is 5.10 Å². The van der Waals surface area contributed by atoms with Crippen LogP contribution in [0.3, 0.4) is 0 Å². The van der Waals surface area contributed by atoms with Crippen LogP contribution in [0.4, 0.5) is 0 Å². The van der Waals surface area contributed by atoms with Crippen LogP contribution in [0.2, 0.25) is 0 Å². The number of rotatable bonds is 4. The highest BCUT2D eigenvalue weighted by atomic mass is 35.5. The summed E-state index contributed by atoms with van der Waals surface area (Å²) in [5, 5.41) is 7.37. The molecule has 0 amide bonds. The summed E-state index contributed by atoms with van der Waals surface area (Å²) in [6.45, 7) is 2.11. The molecule has 0 saturated carbocycles. The molecule has 5 heteroatoms. The van der Waals surface area contributed by atoms with Gasteiger partial charge in [0.15, 0.2) is 5.16 Å². The van der Waals surface area contributed by atoms with E-state index in [1.165, 1.54) is 6.33 Å². The van der Waals surface area contributed by atoms with Gasteiger partial charge in [-0.1, -0.05) is 18.7 Å². The first-order chi connectivity index (χ1) is 5.33. The van der Waals surface area contributed by atoms with Crippen molar-refractivity contribution < 1.29 is 0 Å². The molecular weight excluding hydrogens is 182 g/mol. The van der Waals surface area contributed by atoms with E-state index < -0.39 is 0 Å². The Morgan fingerprint density at radius 2 is 2.64 bits per heavy atom. The molecule has 0 radical (unpaired) electrons. The van der Waals surface area contributed by atoms with E-state index in [0.29, 0.717) is 11.8 Å². The average Bonchev–Trinajstić information content (AvgIpc) is 2.52. The van der Waals surface area contributed by atoms with Crippen molar-refractivity contribution in [2.75, 3.05) is 11.6 Å². The third-order valence-electron chi connectivity index (χ3n) is 1.16. The second-order valence-electron chi connectivity index (χ2n) is 2.36. The number of nitrogens with zero attached hydrogens (tertiary/aromatic N) is 2. The molecule has 0 aromatic carbocycles. The maximum atomic E-state index is 5.63. The molecule has 0 fully saturated rings. The van der Waals surface area contributed by atoms with Gasteiger partial charge in [0, 0.05) is 11.6 Å². The Labute approximate surface area is 74.9 Å². The number of aromatic amines is 1. The Morgan fingerprint density at radius 1 is 1.82 bits per heavy atom. The minimum Gasteiger partial charge on any atom is -0.254 e. The third kappa shape index (κ3) is 3.12. The normalized spacial score (nSPS) is 13.3. The van der Waals surface area contributed by atoms with Crippen molar-refractivity contribution in [1.29, 1.82) is 0 Å². The molecule has 1 N–H and O–H groups in total. The molecule has 0 aliphatic heterocycles. The van der Waals surface area contributed by atoms with Crippen LogP contribution in [0, 0.1) is 5.92 Å².